The van der Waals surface area contributed by atoms with Crippen molar-refractivity contribution in [2.24, 2.45) is 7.05 Å². The van der Waals surface area contributed by atoms with Crippen LogP contribution in [0.15, 0.2) is 23.0 Å². The van der Waals surface area contributed by atoms with E-state index in [1.807, 2.05) is 0 Å². The Labute approximate surface area is 90.9 Å². The summed E-state index contributed by atoms with van der Waals surface area (Å²) in [7, 11) is 1.57. The lowest BCUT2D eigenvalue weighted by Gasteiger charge is -2.04. The Balaban J connectivity index is 2.90. The largest absolute Gasteiger partial charge is 0.478 e. The van der Waals surface area contributed by atoms with Crippen LogP contribution < -0.4 is 5.56 Å². The first-order valence-corrected chi connectivity index (χ1v) is 4.71. The van der Waals surface area contributed by atoms with E-state index in [1.54, 1.807) is 14.0 Å². The van der Waals surface area contributed by atoms with Gasteiger partial charge in [0, 0.05) is 12.4 Å². The molecule has 0 spiro atoms. The molecule has 1 heterocycles. The zero-order valence-electron chi connectivity index (χ0n) is 8.89. The maximum absolute atomic E-state index is 11.7. The molecule has 2 rings (SSSR count). The SMILES string of the molecule is Cc1nn(C)c(=O)c2ccc(C(=O)O)cc12. The van der Waals surface area contributed by atoms with Crippen LogP contribution in [0.25, 0.3) is 10.8 Å². The van der Waals surface area contributed by atoms with Crippen LogP contribution in [0.2, 0.25) is 0 Å². The fraction of sp³-hybridized carbons (Fsp3) is 0.182. The average Bonchev–Trinajstić information content (AvgIpc) is 2.25. The van der Waals surface area contributed by atoms with Crippen LogP contribution in [0.3, 0.4) is 0 Å². The average molecular weight is 218 g/mol. The molecule has 0 atom stereocenters. The predicted octanol–water partition coefficient (Wildman–Crippen LogP) is 0.940. The Hall–Kier alpha value is -2.17. The standard InChI is InChI=1S/C11H10N2O3/c1-6-9-5-7(11(15)16)3-4-8(9)10(14)13(2)12-6/h3-5H,1-2H3,(H,15,16). The summed E-state index contributed by atoms with van der Waals surface area (Å²) in [6.45, 7) is 1.74. The first-order valence-electron chi connectivity index (χ1n) is 4.71. The Morgan fingerprint density at radius 3 is 2.69 bits per heavy atom. The number of hydrogen-bond donors (Lipinski definition) is 1. The number of carboxylic acids is 1. The zero-order chi connectivity index (χ0) is 11.9. The number of aryl methyl sites for hydroxylation is 2. The molecular weight excluding hydrogens is 208 g/mol. The second kappa shape index (κ2) is 3.44. The van der Waals surface area contributed by atoms with Crippen LogP contribution in [0, 0.1) is 6.92 Å². The molecule has 0 unspecified atom stereocenters. The molecule has 2 aromatic rings. The normalized spacial score (nSPS) is 10.6. The van der Waals surface area contributed by atoms with Crippen LogP contribution in [-0.2, 0) is 7.05 Å². The van der Waals surface area contributed by atoms with Gasteiger partial charge in [-0.15, -0.1) is 0 Å². The Kier molecular flexibility index (Phi) is 2.23. The molecule has 0 aliphatic rings. The van der Waals surface area contributed by atoms with Gasteiger partial charge in [-0.05, 0) is 25.1 Å². The van der Waals surface area contributed by atoms with Gasteiger partial charge < -0.3 is 5.11 Å². The third-order valence-electron chi connectivity index (χ3n) is 2.48. The number of hydrogen-bond acceptors (Lipinski definition) is 3. The van der Waals surface area contributed by atoms with Gasteiger partial charge in [0.1, 0.15) is 0 Å². The number of carbonyl (C=O) groups is 1. The van der Waals surface area contributed by atoms with E-state index in [0.717, 1.165) is 0 Å². The van der Waals surface area contributed by atoms with Crippen molar-refractivity contribution in [3.63, 3.8) is 0 Å². The fourth-order valence-corrected chi connectivity index (χ4v) is 1.66. The Morgan fingerprint density at radius 1 is 1.38 bits per heavy atom. The summed E-state index contributed by atoms with van der Waals surface area (Å²) < 4.78 is 1.25. The molecular formula is C11H10N2O3. The lowest BCUT2D eigenvalue weighted by Crippen LogP contribution is -2.20. The van der Waals surface area contributed by atoms with Crippen LogP contribution in [0.1, 0.15) is 16.1 Å². The van der Waals surface area contributed by atoms with Crippen molar-refractivity contribution in [2.45, 2.75) is 6.92 Å². The molecule has 0 aliphatic carbocycles. The van der Waals surface area contributed by atoms with Crippen molar-refractivity contribution in [3.05, 3.63) is 39.8 Å². The Bertz CT molecular complexity index is 643. The fourth-order valence-electron chi connectivity index (χ4n) is 1.66. The molecule has 0 saturated carbocycles. The van der Waals surface area contributed by atoms with Crippen molar-refractivity contribution in [1.29, 1.82) is 0 Å². The summed E-state index contributed by atoms with van der Waals surface area (Å²) in [5.41, 5.74) is 0.573. The highest BCUT2D eigenvalue weighted by molar-refractivity contribution is 5.94. The third-order valence-corrected chi connectivity index (χ3v) is 2.48. The van der Waals surface area contributed by atoms with Gasteiger partial charge in [-0.3, -0.25) is 4.79 Å². The number of aromatic nitrogens is 2. The van der Waals surface area contributed by atoms with Gasteiger partial charge in [-0.1, -0.05) is 0 Å². The van der Waals surface area contributed by atoms with Gasteiger partial charge in [0.15, 0.2) is 0 Å². The van der Waals surface area contributed by atoms with Crippen LogP contribution in [0.5, 0.6) is 0 Å². The minimum Gasteiger partial charge on any atom is -0.478 e. The summed E-state index contributed by atoms with van der Waals surface area (Å²) in [6.07, 6.45) is 0. The van der Waals surface area contributed by atoms with Gasteiger partial charge in [-0.2, -0.15) is 5.10 Å². The van der Waals surface area contributed by atoms with E-state index in [9.17, 15) is 9.59 Å². The Morgan fingerprint density at radius 2 is 2.06 bits per heavy atom. The van der Waals surface area contributed by atoms with E-state index in [2.05, 4.69) is 5.10 Å². The van der Waals surface area contributed by atoms with Gasteiger partial charge in [0.2, 0.25) is 0 Å². The van der Waals surface area contributed by atoms with Crippen molar-refractivity contribution in [1.82, 2.24) is 9.78 Å². The van der Waals surface area contributed by atoms with Gasteiger partial charge in [0.05, 0.1) is 16.6 Å². The van der Waals surface area contributed by atoms with E-state index in [-0.39, 0.29) is 11.1 Å². The molecule has 1 aromatic carbocycles. The lowest BCUT2D eigenvalue weighted by molar-refractivity contribution is 0.0697. The van der Waals surface area contributed by atoms with Crippen molar-refractivity contribution >= 4 is 16.7 Å². The first-order chi connectivity index (χ1) is 7.50. The molecule has 0 bridgehead atoms. The number of nitrogens with zero attached hydrogens (tertiary/aromatic N) is 2. The lowest BCUT2D eigenvalue weighted by atomic mass is 10.1. The zero-order valence-corrected chi connectivity index (χ0v) is 8.89. The van der Waals surface area contributed by atoms with E-state index in [4.69, 9.17) is 5.11 Å². The monoisotopic (exact) mass is 218 g/mol. The van der Waals surface area contributed by atoms with E-state index < -0.39 is 5.97 Å². The maximum Gasteiger partial charge on any atom is 0.335 e. The van der Waals surface area contributed by atoms with Gasteiger partial charge in [-0.25, -0.2) is 9.48 Å². The molecule has 0 fully saturated rings. The van der Waals surface area contributed by atoms with E-state index in [1.165, 1.54) is 22.9 Å². The molecule has 0 aliphatic heterocycles. The van der Waals surface area contributed by atoms with E-state index in [0.29, 0.717) is 16.5 Å². The van der Waals surface area contributed by atoms with Crippen molar-refractivity contribution < 1.29 is 9.90 Å². The molecule has 16 heavy (non-hydrogen) atoms. The molecule has 0 radical (unpaired) electrons. The quantitative estimate of drug-likeness (QED) is 0.773. The molecule has 1 N–H and O–H groups in total. The third kappa shape index (κ3) is 1.46. The molecule has 0 amide bonds. The summed E-state index contributed by atoms with van der Waals surface area (Å²) in [6, 6.07) is 4.42. The van der Waals surface area contributed by atoms with Crippen molar-refractivity contribution in [3.8, 4) is 0 Å². The number of rotatable bonds is 1. The summed E-state index contributed by atoms with van der Waals surface area (Å²) in [5, 5.41) is 13.9. The summed E-state index contributed by atoms with van der Waals surface area (Å²) in [5.74, 6) is -1.01. The highest BCUT2D eigenvalue weighted by Gasteiger charge is 2.09. The maximum atomic E-state index is 11.7. The molecule has 5 nitrogen and oxygen atoms in total. The first kappa shape index (κ1) is 10.4. The van der Waals surface area contributed by atoms with E-state index >= 15 is 0 Å². The van der Waals surface area contributed by atoms with Crippen LogP contribution in [-0.4, -0.2) is 20.9 Å². The summed E-state index contributed by atoms with van der Waals surface area (Å²) in [4.78, 5) is 22.5. The number of fused-ring (bicyclic) bond motifs is 1. The van der Waals surface area contributed by atoms with Gasteiger partial charge in [0.25, 0.3) is 5.56 Å². The highest BCUT2D eigenvalue weighted by atomic mass is 16.4. The summed E-state index contributed by atoms with van der Waals surface area (Å²) >= 11 is 0. The van der Waals surface area contributed by atoms with Crippen LogP contribution >= 0.6 is 0 Å². The number of carboxylic acid groups (broad SMARTS) is 1. The minimum atomic E-state index is -1.01. The van der Waals surface area contributed by atoms with Crippen molar-refractivity contribution in [2.75, 3.05) is 0 Å². The number of aromatic carboxylic acids is 1. The van der Waals surface area contributed by atoms with Crippen LogP contribution in [0.4, 0.5) is 0 Å². The van der Waals surface area contributed by atoms with Gasteiger partial charge >= 0.3 is 5.97 Å². The molecule has 5 heteroatoms. The smallest absolute Gasteiger partial charge is 0.335 e. The predicted molar refractivity (Wildman–Crippen MR) is 58.7 cm³/mol. The highest BCUT2D eigenvalue weighted by Crippen LogP contribution is 2.15. The second-order valence-electron chi connectivity index (χ2n) is 3.58. The molecule has 82 valence electrons. The minimum absolute atomic E-state index is 0.158. The second-order valence-corrected chi connectivity index (χ2v) is 3.58. The number of benzene rings is 1. The molecule has 1 aromatic heterocycles. The topological polar surface area (TPSA) is 72.2 Å². The molecule has 0 saturated heterocycles.